The van der Waals surface area contributed by atoms with Crippen LogP contribution in [-0.4, -0.2) is 50.6 Å². The summed E-state index contributed by atoms with van der Waals surface area (Å²) in [6.45, 7) is 17.0. The Morgan fingerprint density at radius 2 is 0.571 bits per heavy atom. The van der Waals surface area contributed by atoms with Gasteiger partial charge in [-0.3, -0.25) is 0 Å². The Morgan fingerprint density at radius 3 is 0.839 bits per heavy atom. The maximum absolute atomic E-state index is 7.78. The molecule has 3 nitrogen and oxygen atoms in total. The first-order chi connectivity index (χ1) is 26.9. The summed E-state index contributed by atoms with van der Waals surface area (Å²) < 4.78 is 22.8. The number of benzene rings is 6. The summed E-state index contributed by atoms with van der Waals surface area (Å²) in [7, 11) is -13.4. The van der Waals surface area contributed by atoms with Gasteiger partial charge in [-0.05, 0) is 101 Å². The molecule has 9 heteroatoms. The third-order valence-corrected chi connectivity index (χ3v) is 35.4. The van der Waals surface area contributed by atoms with Crippen LogP contribution in [0.25, 0.3) is 0 Å². The molecule has 0 saturated heterocycles. The SMILES string of the molecule is C[SiH](CC[Si](C)(C)O[Si](c1ccccc1)(c1ccccc1)c1ccccc1)O[Si](C)(C)CC[Si](C)(C)O[Si](c1ccccc1)(c1ccccc1)c1ccccc1. The van der Waals surface area contributed by atoms with E-state index in [1.807, 2.05) is 0 Å². The highest BCUT2D eigenvalue weighted by atomic mass is 28.4. The Kier molecular flexibility index (Phi) is 13.8. The van der Waals surface area contributed by atoms with Crippen molar-refractivity contribution in [2.24, 2.45) is 0 Å². The van der Waals surface area contributed by atoms with Gasteiger partial charge >= 0.3 is 0 Å². The summed E-state index contributed by atoms with van der Waals surface area (Å²) in [5.41, 5.74) is 0. The van der Waals surface area contributed by atoms with E-state index < -0.39 is 50.6 Å². The topological polar surface area (TPSA) is 27.7 Å². The van der Waals surface area contributed by atoms with Gasteiger partial charge in [0.05, 0.1) is 0 Å². The minimum atomic E-state index is -2.78. The predicted molar refractivity (Wildman–Crippen MR) is 256 cm³/mol. The lowest BCUT2D eigenvalue weighted by Crippen LogP contribution is -2.72. The van der Waals surface area contributed by atoms with Crippen molar-refractivity contribution in [3.63, 3.8) is 0 Å². The van der Waals surface area contributed by atoms with Gasteiger partial charge in [-0.1, -0.05) is 182 Å². The molecule has 0 aliphatic carbocycles. The lowest BCUT2D eigenvalue weighted by Gasteiger charge is -2.41. The lowest BCUT2D eigenvalue weighted by molar-refractivity contribution is 0.545. The fourth-order valence-corrected chi connectivity index (χ4v) is 38.9. The highest BCUT2D eigenvalue weighted by Crippen LogP contribution is 2.28. The van der Waals surface area contributed by atoms with Gasteiger partial charge in [0.15, 0.2) is 34.0 Å². The van der Waals surface area contributed by atoms with Gasteiger partial charge in [0, 0.05) is 0 Å². The van der Waals surface area contributed by atoms with Crippen LogP contribution in [0.5, 0.6) is 0 Å². The standard InChI is InChI=1S/C47H60O3Si6/c1-51(38-39-53(4,5)49-55(42-26-14-8-15-27-42,43-28-16-9-17-29-43)44-30-18-10-19-31-44)48-52(2,3)40-41-54(6,7)50-56(45-32-20-11-21-33-45,46-34-22-12-23-35-46)47-36-24-13-25-37-47/h8-37,51H,38-41H2,1-7H3. The van der Waals surface area contributed by atoms with Crippen LogP contribution in [0.2, 0.25) is 70.0 Å². The van der Waals surface area contributed by atoms with E-state index in [1.54, 1.807) is 0 Å². The van der Waals surface area contributed by atoms with Crippen LogP contribution < -0.4 is 31.1 Å². The number of rotatable bonds is 18. The van der Waals surface area contributed by atoms with Crippen molar-refractivity contribution in [3.8, 4) is 0 Å². The monoisotopic (exact) mass is 840 g/mol. The van der Waals surface area contributed by atoms with Crippen LogP contribution >= 0.6 is 0 Å². The van der Waals surface area contributed by atoms with Gasteiger partial charge in [-0.25, -0.2) is 0 Å². The molecule has 0 aliphatic rings. The minimum Gasteiger partial charge on any atom is -0.458 e. The van der Waals surface area contributed by atoms with E-state index in [2.05, 4.69) is 228 Å². The van der Waals surface area contributed by atoms with E-state index in [9.17, 15) is 0 Å². The van der Waals surface area contributed by atoms with Crippen molar-refractivity contribution in [2.45, 2.75) is 70.0 Å². The maximum Gasteiger partial charge on any atom is 0.278 e. The fraction of sp³-hybridized carbons (Fsp3) is 0.234. The first-order valence-electron chi connectivity index (χ1n) is 20.3. The van der Waals surface area contributed by atoms with E-state index in [-0.39, 0.29) is 0 Å². The number of hydrogen-bond acceptors (Lipinski definition) is 3. The van der Waals surface area contributed by atoms with Crippen molar-refractivity contribution in [3.05, 3.63) is 182 Å². The molecule has 0 radical (unpaired) electrons. The smallest absolute Gasteiger partial charge is 0.278 e. The van der Waals surface area contributed by atoms with E-state index >= 15 is 0 Å². The van der Waals surface area contributed by atoms with Gasteiger partial charge in [-0.2, -0.15) is 0 Å². The summed E-state index contributed by atoms with van der Waals surface area (Å²) in [4.78, 5) is 0. The van der Waals surface area contributed by atoms with Crippen LogP contribution in [0.3, 0.4) is 0 Å². The molecule has 290 valence electrons. The average molecular weight is 842 g/mol. The average Bonchev–Trinajstić information content (AvgIpc) is 3.22. The molecule has 0 bridgehead atoms. The third kappa shape index (κ3) is 10.1. The second-order valence-electron chi connectivity index (χ2n) is 17.0. The Hall–Kier alpha value is -3.50. The van der Waals surface area contributed by atoms with Gasteiger partial charge in [0.25, 0.3) is 16.6 Å². The summed E-state index contributed by atoms with van der Waals surface area (Å²) in [5, 5.41) is 7.83. The zero-order valence-corrected chi connectivity index (χ0v) is 40.6. The highest BCUT2D eigenvalue weighted by molar-refractivity contribution is 7.11. The zero-order valence-electron chi connectivity index (χ0n) is 34.5. The molecule has 6 rings (SSSR count). The fourth-order valence-electron chi connectivity index (χ4n) is 8.14. The molecule has 1 atom stereocenters. The number of hydrogen-bond donors (Lipinski definition) is 0. The first kappa shape index (κ1) is 42.1. The Labute approximate surface area is 344 Å². The summed E-state index contributed by atoms with van der Waals surface area (Å²) in [5.74, 6) is 0. The summed E-state index contributed by atoms with van der Waals surface area (Å²) >= 11 is 0. The Bertz CT molecular complexity index is 1870. The molecular weight excluding hydrogens is 781 g/mol. The van der Waals surface area contributed by atoms with E-state index in [0.717, 1.165) is 24.2 Å². The molecule has 0 fully saturated rings. The van der Waals surface area contributed by atoms with Crippen molar-refractivity contribution < 1.29 is 12.3 Å². The summed E-state index contributed by atoms with van der Waals surface area (Å²) in [6.07, 6.45) is 0. The van der Waals surface area contributed by atoms with Crippen LogP contribution in [-0.2, 0) is 12.3 Å². The highest BCUT2D eigenvalue weighted by Gasteiger charge is 2.48. The maximum atomic E-state index is 7.78. The van der Waals surface area contributed by atoms with Gasteiger partial charge in [0.2, 0.25) is 0 Å². The van der Waals surface area contributed by atoms with Gasteiger partial charge in [-0.15, -0.1) is 0 Å². The molecule has 0 heterocycles. The molecule has 0 N–H and O–H groups in total. The van der Waals surface area contributed by atoms with E-state index in [1.165, 1.54) is 31.1 Å². The molecular formula is C47H60O3Si6. The Balaban J connectivity index is 1.17. The van der Waals surface area contributed by atoms with E-state index in [4.69, 9.17) is 12.3 Å². The van der Waals surface area contributed by atoms with Crippen molar-refractivity contribution >= 4 is 81.7 Å². The zero-order chi connectivity index (χ0) is 39.7. The minimum absolute atomic E-state index is 1.08. The third-order valence-electron chi connectivity index (χ3n) is 10.9. The molecule has 6 aromatic carbocycles. The lowest BCUT2D eigenvalue weighted by atomic mass is 10.3. The molecule has 1 unspecified atom stereocenters. The largest absolute Gasteiger partial charge is 0.458 e. The predicted octanol–water partition coefficient (Wildman–Crippen LogP) is 8.34. The van der Waals surface area contributed by atoms with Gasteiger partial charge in [0.1, 0.15) is 0 Å². The van der Waals surface area contributed by atoms with Crippen LogP contribution in [0.1, 0.15) is 0 Å². The summed E-state index contributed by atoms with van der Waals surface area (Å²) in [6, 6.07) is 70.5. The second-order valence-corrected chi connectivity index (χ2v) is 40.0. The van der Waals surface area contributed by atoms with Crippen molar-refractivity contribution in [1.29, 1.82) is 0 Å². The normalized spacial score (nSPS) is 13.3. The molecule has 0 aromatic heterocycles. The Morgan fingerprint density at radius 1 is 0.339 bits per heavy atom. The molecule has 0 aliphatic heterocycles. The van der Waals surface area contributed by atoms with Crippen LogP contribution in [0, 0.1) is 0 Å². The molecule has 0 saturated carbocycles. The van der Waals surface area contributed by atoms with E-state index in [0.29, 0.717) is 0 Å². The molecule has 6 aromatic rings. The first-order valence-corrected chi connectivity index (χ1v) is 35.9. The van der Waals surface area contributed by atoms with Crippen molar-refractivity contribution in [2.75, 3.05) is 0 Å². The van der Waals surface area contributed by atoms with Gasteiger partial charge < -0.3 is 12.3 Å². The van der Waals surface area contributed by atoms with Crippen molar-refractivity contribution in [1.82, 2.24) is 0 Å². The van der Waals surface area contributed by atoms with Crippen LogP contribution in [0.4, 0.5) is 0 Å². The quantitative estimate of drug-likeness (QED) is 0.0644. The second kappa shape index (κ2) is 18.4. The molecule has 0 spiro atoms. The van der Waals surface area contributed by atoms with Crippen LogP contribution in [0.15, 0.2) is 182 Å². The molecule has 56 heavy (non-hydrogen) atoms. The molecule has 0 amide bonds.